The van der Waals surface area contributed by atoms with Crippen LogP contribution in [0.2, 0.25) is 0 Å². The van der Waals surface area contributed by atoms with Crippen LogP contribution in [0.5, 0.6) is 0 Å². The lowest BCUT2D eigenvalue weighted by Gasteiger charge is -2.06. The Bertz CT molecular complexity index is 2220. The van der Waals surface area contributed by atoms with E-state index < -0.39 is 22.3 Å². The van der Waals surface area contributed by atoms with Gasteiger partial charge in [-0.1, -0.05) is 105 Å². The van der Waals surface area contributed by atoms with Crippen LogP contribution in [0.1, 0.15) is 43.0 Å². The van der Waals surface area contributed by atoms with Gasteiger partial charge in [0.05, 0.1) is 11.1 Å². The molecule has 6 aromatic rings. The lowest BCUT2D eigenvalue weighted by atomic mass is 10.1. The summed E-state index contributed by atoms with van der Waals surface area (Å²) in [4.78, 5) is 35.8. The molecular weight excluding hydrogens is 717 g/mol. The molecule has 0 saturated carbocycles. The van der Waals surface area contributed by atoms with E-state index in [9.17, 15) is 14.4 Å². The zero-order chi connectivity index (χ0) is 37.0. The molecule has 1 heterocycles. The summed E-state index contributed by atoms with van der Waals surface area (Å²) in [5.41, 5.74) is 5.58. The number of hydrogen-bond donors (Lipinski definition) is 4. The Kier molecular flexibility index (Phi) is 14.8. The molecule has 260 valence electrons. The molecule has 0 bridgehead atoms. The zero-order valence-electron chi connectivity index (χ0n) is 27.4. The van der Waals surface area contributed by atoms with Gasteiger partial charge in [0.15, 0.2) is 5.43 Å². The second-order valence-corrected chi connectivity index (χ2v) is 14.9. The van der Waals surface area contributed by atoms with Crippen LogP contribution < -0.4 is 5.43 Å². The molecule has 6 rings (SSSR count). The Balaban J connectivity index is 0.000000202. The predicted octanol–water partition coefficient (Wildman–Crippen LogP) is 9.56. The quantitative estimate of drug-likeness (QED) is 0.0753. The fourth-order valence-corrected chi connectivity index (χ4v) is 8.05. The molecule has 13 heteroatoms. The highest BCUT2D eigenvalue weighted by molar-refractivity contribution is 8.76. The number of rotatable bonds is 5. The van der Waals surface area contributed by atoms with E-state index in [-0.39, 0.29) is 16.6 Å². The SMILES string of the molecule is Cc1cc(C)c2sc3ccccc3c(=O)c2c1.Cc1cccc(C)c1.O=C(O)c1ccccc1SSc1ccccc1C(=O)O.O=S(=O)(O)O. The van der Waals surface area contributed by atoms with E-state index in [1.807, 2.05) is 37.3 Å². The second kappa shape index (κ2) is 18.5. The number of aromatic carboxylic acids is 2. The number of carboxylic acids is 2. The fraction of sp³-hybridized carbons (Fsp3) is 0.108. The first-order valence-corrected chi connectivity index (χ1v) is 19.1. The molecule has 0 amide bonds. The summed E-state index contributed by atoms with van der Waals surface area (Å²) >= 11 is 1.70. The maximum atomic E-state index is 12.4. The third-order valence-corrected chi connectivity index (χ3v) is 10.4. The number of benzene rings is 5. The molecule has 0 atom stereocenters. The molecule has 0 spiro atoms. The van der Waals surface area contributed by atoms with Crippen molar-refractivity contribution in [1.82, 2.24) is 0 Å². The highest BCUT2D eigenvalue weighted by Gasteiger charge is 2.14. The molecule has 0 aliphatic heterocycles. The van der Waals surface area contributed by atoms with E-state index in [2.05, 4.69) is 51.1 Å². The summed E-state index contributed by atoms with van der Waals surface area (Å²) in [6.07, 6.45) is 0. The summed E-state index contributed by atoms with van der Waals surface area (Å²) in [5.74, 6) is -2.00. The minimum atomic E-state index is -4.67. The Morgan fingerprint density at radius 2 is 1.06 bits per heavy atom. The first kappa shape index (κ1) is 39.9. The molecule has 1 aromatic heterocycles. The van der Waals surface area contributed by atoms with Crippen molar-refractivity contribution in [3.63, 3.8) is 0 Å². The highest BCUT2D eigenvalue weighted by atomic mass is 33.1. The Hall–Kier alpha value is -4.50. The average molecular weight is 751 g/mol. The van der Waals surface area contributed by atoms with Crippen LogP contribution in [-0.2, 0) is 10.4 Å². The maximum absolute atomic E-state index is 12.4. The monoisotopic (exact) mass is 750 g/mol. The minimum Gasteiger partial charge on any atom is -0.478 e. The largest absolute Gasteiger partial charge is 0.478 e. The minimum absolute atomic E-state index is 0.154. The molecule has 9 nitrogen and oxygen atoms in total. The maximum Gasteiger partial charge on any atom is 0.394 e. The molecule has 0 aliphatic rings. The van der Waals surface area contributed by atoms with E-state index >= 15 is 0 Å². The average Bonchev–Trinajstić information content (AvgIpc) is 3.04. The molecule has 0 unspecified atom stereocenters. The van der Waals surface area contributed by atoms with Crippen LogP contribution >= 0.6 is 32.9 Å². The van der Waals surface area contributed by atoms with Gasteiger partial charge < -0.3 is 10.2 Å². The summed E-state index contributed by atoms with van der Waals surface area (Å²) in [7, 11) is -2.20. The van der Waals surface area contributed by atoms with Gasteiger partial charge in [-0.05, 0) is 75.7 Å². The number of aryl methyl sites for hydroxylation is 4. The smallest absolute Gasteiger partial charge is 0.394 e. The van der Waals surface area contributed by atoms with E-state index in [1.165, 1.54) is 50.4 Å². The first-order chi connectivity index (χ1) is 23.5. The van der Waals surface area contributed by atoms with Gasteiger partial charge in [-0.25, -0.2) is 9.59 Å². The highest BCUT2D eigenvalue weighted by Crippen LogP contribution is 2.40. The standard InChI is InChI=1S/C15H12OS.C14H10O4S2.C8H10.H2O4S/c1-9-7-10(2)15-12(8-9)14(16)11-5-3-4-6-13(11)17-15;15-13(16)9-5-1-3-7-11(9)19-20-12-8-4-2-6-10(12)14(17)18;1-7-4-3-5-8(2)6-7;1-5(2,3)4/h3-8H,1-2H3;1-8H,(H,15,16)(H,17,18);3-6H,1-2H3;(H2,1,2,3,4). The van der Waals surface area contributed by atoms with Crippen LogP contribution in [0.25, 0.3) is 20.2 Å². The summed E-state index contributed by atoms with van der Waals surface area (Å²) < 4.78 is 33.8. The molecule has 50 heavy (non-hydrogen) atoms. The third kappa shape index (κ3) is 12.4. The van der Waals surface area contributed by atoms with Crippen molar-refractivity contribution in [2.45, 2.75) is 37.5 Å². The number of fused-ring (bicyclic) bond motifs is 2. The van der Waals surface area contributed by atoms with Crippen molar-refractivity contribution >= 4 is 75.4 Å². The molecule has 4 N–H and O–H groups in total. The van der Waals surface area contributed by atoms with Crippen LogP contribution in [0.15, 0.2) is 124 Å². The van der Waals surface area contributed by atoms with Gasteiger partial charge in [0.25, 0.3) is 0 Å². The summed E-state index contributed by atoms with van der Waals surface area (Å²) in [5, 5.41) is 19.9. The fourth-order valence-electron chi connectivity index (χ4n) is 4.59. The Labute approximate surface area is 301 Å². The third-order valence-electron chi connectivity index (χ3n) is 6.64. The van der Waals surface area contributed by atoms with Crippen LogP contribution in [0.4, 0.5) is 0 Å². The lowest BCUT2D eigenvalue weighted by molar-refractivity contribution is 0.0682. The molecule has 0 fully saturated rings. The van der Waals surface area contributed by atoms with E-state index in [1.54, 1.807) is 47.7 Å². The molecular formula is C37H34O9S4. The van der Waals surface area contributed by atoms with Gasteiger partial charge in [0.1, 0.15) is 0 Å². The van der Waals surface area contributed by atoms with Crippen molar-refractivity contribution in [2.75, 3.05) is 0 Å². The van der Waals surface area contributed by atoms with Crippen molar-refractivity contribution in [3.05, 3.63) is 153 Å². The van der Waals surface area contributed by atoms with Crippen molar-refractivity contribution in [3.8, 4) is 0 Å². The van der Waals surface area contributed by atoms with Crippen molar-refractivity contribution < 1.29 is 37.3 Å². The van der Waals surface area contributed by atoms with Gasteiger partial charge in [0, 0.05) is 30.0 Å². The van der Waals surface area contributed by atoms with Gasteiger partial charge in [-0.2, -0.15) is 8.42 Å². The topological polar surface area (TPSA) is 166 Å². The number of carboxylic acid groups (broad SMARTS) is 2. The van der Waals surface area contributed by atoms with Gasteiger partial charge in [-0.3, -0.25) is 13.9 Å². The molecule has 5 aromatic carbocycles. The Morgan fingerprint density at radius 1 is 0.600 bits per heavy atom. The molecule has 0 aliphatic carbocycles. The second-order valence-electron chi connectivity index (χ2n) is 10.8. The number of hydrogen-bond acceptors (Lipinski definition) is 8. The summed E-state index contributed by atoms with van der Waals surface area (Å²) in [6, 6.07) is 33.6. The van der Waals surface area contributed by atoms with Crippen molar-refractivity contribution in [1.29, 1.82) is 0 Å². The van der Waals surface area contributed by atoms with Crippen LogP contribution in [0.3, 0.4) is 0 Å². The van der Waals surface area contributed by atoms with Gasteiger partial charge in [-0.15, -0.1) is 11.3 Å². The van der Waals surface area contributed by atoms with E-state index in [0.717, 1.165) is 25.7 Å². The predicted molar refractivity (Wildman–Crippen MR) is 204 cm³/mol. The van der Waals surface area contributed by atoms with Gasteiger partial charge >= 0.3 is 22.3 Å². The molecule has 0 radical (unpaired) electrons. The number of carbonyl (C=O) groups is 2. The first-order valence-electron chi connectivity index (χ1n) is 14.7. The van der Waals surface area contributed by atoms with E-state index in [0.29, 0.717) is 9.79 Å². The normalized spacial score (nSPS) is 10.5. The van der Waals surface area contributed by atoms with Gasteiger partial charge in [0.2, 0.25) is 0 Å². The lowest BCUT2D eigenvalue weighted by Crippen LogP contribution is -2.01. The Morgan fingerprint density at radius 3 is 1.52 bits per heavy atom. The van der Waals surface area contributed by atoms with Crippen LogP contribution in [-0.4, -0.2) is 39.7 Å². The van der Waals surface area contributed by atoms with Crippen molar-refractivity contribution in [2.24, 2.45) is 0 Å². The van der Waals surface area contributed by atoms with E-state index in [4.69, 9.17) is 27.7 Å². The van der Waals surface area contributed by atoms with Crippen LogP contribution in [0, 0.1) is 27.7 Å². The molecule has 0 saturated heterocycles. The summed E-state index contributed by atoms with van der Waals surface area (Å²) in [6.45, 7) is 8.31. The zero-order valence-corrected chi connectivity index (χ0v) is 30.6.